The van der Waals surface area contributed by atoms with Crippen LogP contribution in [0.2, 0.25) is 0 Å². The number of nitrogens with zero attached hydrogens (tertiary/aromatic N) is 1. The summed E-state index contributed by atoms with van der Waals surface area (Å²) in [6, 6.07) is 4.74. The lowest BCUT2D eigenvalue weighted by Gasteiger charge is -2.18. The second kappa shape index (κ2) is 5.38. The fourth-order valence-corrected chi connectivity index (χ4v) is 3.99. The summed E-state index contributed by atoms with van der Waals surface area (Å²) < 4.78 is 32.1. The minimum Gasteiger partial charge on any atom is -0.492 e. The van der Waals surface area contributed by atoms with Crippen molar-refractivity contribution in [2.75, 3.05) is 25.4 Å². The van der Waals surface area contributed by atoms with Gasteiger partial charge in [0.25, 0.3) is 0 Å². The molecule has 2 N–H and O–H groups in total. The van der Waals surface area contributed by atoms with E-state index in [2.05, 4.69) is 6.92 Å². The summed E-state index contributed by atoms with van der Waals surface area (Å²) in [7, 11) is -3.52. The largest absolute Gasteiger partial charge is 0.492 e. The van der Waals surface area contributed by atoms with Gasteiger partial charge in [-0.15, -0.1) is 0 Å². The summed E-state index contributed by atoms with van der Waals surface area (Å²) in [4.78, 5) is 0.170. The number of anilines is 1. The van der Waals surface area contributed by atoms with Gasteiger partial charge in [-0.3, -0.25) is 0 Å². The summed E-state index contributed by atoms with van der Waals surface area (Å²) in [6.45, 7) is 5.42. The van der Waals surface area contributed by atoms with Crippen LogP contribution in [-0.4, -0.2) is 32.4 Å². The molecule has 0 spiro atoms. The Morgan fingerprint density at radius 2 is 2.21 bits per heavy atom. The minimum atomic E-state index is -3.52. The molecule has 0 aliphatic carbocycles. The van der Waals surface area contributed by atoms with Gasteiger partial charge in [0.1, 0.15) is 10.6 Å². The first kappa shape index (κ1) is 14.1. The SMILES string of the molecule is CCOc1ccc(N)cc1S(=O)(=O)N1CCC(C)C1. The van der Waals surface area contributed by atoms with Crippen molar-refractivity contribution in [2.24, 2.45) is 5.92 Å². The number of sulfonamides is 1. The number of rotatable bonds is 4. The summed E-state index contributed by atoms with van der Waals surface area (Å²) in [5.74, 6) is 0.766. The van der Waals surface area contributed by atoms with Crippen LogP contribution in [0.4, 0.5) is 5.69 Å². The highest BCUT2D eigenvalue weighted by atomic mass is 32.2. The van der Waals surface area contributed by atoms with E-state index < -0.39 is 10.0 Å². The topological polar surface area (TPSA) is 72.6 Å². The second-order valence-electron chi connectivity index (χ2n) is 4.90. The van der Waals surface area contributed by atoms with Crippen LogP contribution in [0.1, 0.15) is 20.3 Å². The maximum absolute atomic E-state index is 12.6. The Kier molecular flexibility index (Phi) is 4.01. The predicted octanol–water partition coefficient (Wildman–Crippen LogP) is 1.70. The number of hydrogen-bond acceptors (Lipinski definition) is 4. The Morgan fingerprint density at radius 3 is 2.79 bits per heavy atom. The number of nitrogens with two attached hydrogens (primary N) is 1. The Hall–Kier alpha value is -1.27. The molecule has 106 valence electrons. The number of ether oxygens (including phenoxy) is 1. The first-order valence-corrected chi connectivity index (χ1v) is 7.91. The van der Waals surface area contributed by atoms with Gasteiger partial charge in [0.15, 0.2) is 0 Å². The van der Waals surface area contributed by atoms with Crippen molar-refractivity contribution in [3.63, 3.8) is 0 Å². The van der Waals surface area contributed by atoms with Crippen LogP contribution in [-0.2, 0) is 10.0 Å². The zero-order chi connectivity index (χ0) is 14.0. The lowest BCUT2D eigenvalue weighted by molar-refractivity contribution is 0.329. The first-order chi connectivity index (χ1) is 8.95. The van der Waals surface area contributed by atoms with E-state index in [9.17, 15) is 8.42 Å². The molecule has 1 fully saturated rings. The minimum absolute atomic E-state index is 0.170. The summed E-state index contributed by atoms with van der Waals surface area (Å²) >= 11 is 0. The van der Waals surface area contributed by atoms with Crippen LogP contribution in [0.15, 0.2) is 23.1 Å². The molecule has 1 aliphatic heterocycles. The number of nitrogen functional groups attached to an aromatic ring is 1. The molecular weight excluding hydrogens is 264 g/mol. The van der Waals surface area contributed by atoms with Crippen LogP contribution in [0.25, 0.3) is 0 Å². The molecule has 1 heterocycles. The molecule has 1 aromatic rings. The molecule has 0 radical (unpaired) electrons. The van der Waals surface area contributed by atoms with Gasteiger partial charge in [-0.1, -0.05) is 6.92 Å². The van der Waals surface area contributed by atoms with Crippen molar-refractivity contribution in [3.05, 3.63) is 18.2 Å². The first-order valence-electron chi connectivity index (χ1n) is 6.47. The van der Waals surface area contributed by atoms with Gasteiger partial charge < -0.3 is 10.5 Å². The molecule has 0 bridgehead atoms. The van der Waals surface area contributed by atoms with Crippen LogP contribution in [0.3, 0.4) is 0 Å². The molecule has 1 atom stereocenters. The van der Waals surface area contributed by atoms with Crippen LogP contribution in [0, 0.1) is 5.92 Å². The maximum Gasteiger partial charge on any atom is 0.246 e. The highest BCUT2D eigenvalue weighted by molar-refractivity contribution is 7.89. The van der Waals surface area contributed by atoms with Crippen molar-refractivity contribution < 1.29 is 13.2 Å². The third-order valence-electron chi connectivity index (χ3n) is 3.27. The van der Waals surface area contributed by atoms with Crippen molar-refractivity contribution in [2.45, 2.75) is 25.2 Å². The Morgan fingerprint density at radius 1 is 1.47 bits per heavy atom. The molecule has 1 saturated heterocycles. The monoisotopic (exact) mass is 284 g/mol. The number of hydrogen-bond donors (Lipinski definition) is 1. The molecule has 0 aromatic heterocycles. The maximum atomic E-state index is 12.6. The molecule has 5 nitrogen and oxygen atoms in total. The van der Waals surface area contributed by atoms with Crippen molar-refractivity contribution >= 4 is 15.7 Å². The van der Waals surface area contributed by atoms with Gasteiger partial charge in [-0.25, -0.2) is 8.42 Å². The van der Waals surface area contributed by atoms with Gasteiger partial charge in [0.05, 0.1) is 6.61 Å². The summed E-state index contributed by atoms with van der Waals surface area (Å²) in [6.07, 6.45) is 0.894. The van der Waals surface area contributed by atoms with E-state index >= 15 is 0 Å². The Labute approximate surface area is 114 Å². The average Bonchev–Trinajstić information content (AvgIpc) is 2.79. The fraction of sp³-hybridized carbons (Fsp3) is 0.538. The molecule has 1 aromatic carbocycles. The number of benzene rings is 1. The van der Waals surface area contributed by atoms with Gasteiger partial charge in [-0.2, -0.15) is 4.31 Å². The van der Waals surface area contributed by atoms with E-state index in [1.165, 1.54) is 10.4 Å². The Balaban J connectivity index is 2.41. The highest BCUT2D eigenvalue weighted by Gasteiger charge is 2.32. The van der Waals surface area contributed by atoms with Crippen LogP contribution in [0.5, 0.6) is 5.75 Å². The second-order valence-corrected chi connectivity index (χ2v) is 6.80. The smallest absolute Gasteiger partial charge is 0.246 e. The predicted molar refractivity (Wildman–Crippen MR) is 74.6 cm³/mol. The van der Waals surface area contributed by atoms with E-state index in [1.54, 1.807) is 12.1 Å². The van der Waals surface area contributed by atoms with Gasteiger partial charge in [0, 0.05) is 18.8 Å². The van der Waals surface area contributed by atoms with E-state index in [0.717, 1.165) is 6.42 Å². The normalized spacial score (nSPS) is 20.6. The average molecular weight is 284 g/mol. The zero-order valence-electron chi connectivity index (χ0n) is 11.3. The molecule has 1 aliphatic rings. The molecule has 0 saturated carbocycles. The van der Waals surface area contributed by atoms with E-state index in [-0.39, 0.29) is 4.90 Å². The summed E-state index contributed by atoms with van der Waals surface area (Å²) in [5, 5.41) is 0. The molecular formula is C13H20N2O3S. The molecule has 19 heavy (non-hydrogen) atoms. The summed E-state index contributed by atoms with van der Waals surface area (Å²) in [5.41, 5.74) is 6.13. The van der Waals surface area contributed by atoms with E-state index in [4.69, 9.17) is 10.5 Å². The van der Waals surface area contributed by atoms with Gasteiger partial charge in [-0.05, 0) is 37.5 Å². The molecule has 6 heteroatoms. The van der Waals surface area contributed by atoms with Gasteiger partial charge in [0.2, 0.25) is 10.0 Å². The lowest BCUT2D eigenvalue weighted by Crippen LogP contribution is -2.29. The third kappa shape index (κ3) is 2.84. The standard InChI is InChI=1S/C13H20N2O3S/c1-3-18-12-5-4-11(14)8-13(12)19(16,17)15-7-6-10(2)9-15/h4-5,8,10H,3,6-7,9,14H2,1-2H3. The van der Waals surface area contributed by atoms with Crippen molar-refractivity contribution in [1.82, 2.24) is 4.31 Å². The van der Waals surface area contributed by atoms with E-state index in [0.29, 0.717) is 37.1 Å². The van der Waals surface area contributed by atoms with E-state index in [1.807, 2.05) is 6.92 Å². The van der Waals surface area contributed by atoms with Crippen molar-refractivity contribution in [1.29, 1.82) is 0 Å². The molecule has 2 rings (SSSR count). The van der Waals surface area contributed by atoms with Crippen LogP contribution < -0.4 is 10.5 Å². The third-order valence-corrected chi connectivity index (χ3v) is 5.16. The zero-order valence-corrected chi connectivity index (χ0v) is 12.1. The molecule has 0 amide bonds. The lowest BCUT2D eigenvalue weighted by atomic mass is 10.2. The molecule has 1 unspecified atom stereocenters. The Bertz CT molecular complexity index is 557. The van der Waals surface area contributed by atoms with Crippen molar-refractivity contribution in [3.8, 4) is 5.75 Å². The fourth-order valence-electron chi connectivity index (χ4n) is 2.25. The highest BCUT2D eigenvalue weighted by Crippen LogP contribution is 2.31. The van der Waals surface area contributed by atoms with Gasteiger partial charge >= 0.3 is 0 Å². The quantitative estimate of drug-likeness (QED) is 0.854. The van der Waals surface area contributed by atoms with Crippen LogP contribution >= 0.6 is 0 Å².